The van der Waals surface area contributed by atoms with Crippen molar-refractivity contribution in [3.63, 3.8) is 0 Å². The molecule has 0 saturated carbocycles. The highest BCUT2D eigenvalue weighted by Crippen LogP contribution is 2.24. The fourth-order valence-corrected chi connectivity index (χ4v) is 1.27. The van der Waals surface area contributed by atoms with E-state index >= 15 is 0 Å². The molecular formula is C10H9. The lowest BCUT2D eigenvalue weighted by Crippen LogP contribution is -1.92. The zero-order valence-corrected chi connectivity index (χ0v) is 5.70. The lowest BCUT2D eigenvalue weighted by atomic mass is 10.0. The summed E-state index contributed by atoms with van der Waals surface area (Å²) in [6.07, 6.45) is 17.1. The molecule has 0 spiro atoms. The number of rotatable bonds is 0. The summed E-state index contributed by atoms with van der Waals surface area (Å²) >= 11 is 0. The smallest absolute Gasteiger partial charge is 0.00900 e. The lowest BCUT2D eigenvalue weighted by molar-refractivity contribution is 0.973. The monoisotopic (exact) mass is 129 g/mol. The van der Waals surface area contributed by atoms with Gasteiger partial charge < -0.3 is 0 Å². The topological polar surface area (TPSA) is 0 Å². The van der Waals surface area contributed by atoms with Crippen LogP contribution in [0.5, 0.6) is 0 Å². The molecule has 2 rings (SSSR count). The molecule has 0 aliphatic heterocycles. The van der Waals surface area contributed by atoms with Crippen molar-refractivity contribution in [1.82, 2.24) is 0 Å². The minimum atomic E-state index is 0.537. The largest absolute Gasteiger partial charge is 0.0799 e. The van der Waals surface area contributed by atoms with E-state index in [1.54, 1.807) is 0 Å². The van der Waals surface area contributed by atoms with Gasteiger partial charge in [-0.3, -0.25) is 0 Å². The van der Waals surface area contributed by atoms with E-state index < -0.39 is 0 Å². The zero-order valence-electron chi connectivity index (χ0n) is 5.70. The van der Waals surface area contributed by atoms with E-state index in [0.29, 0.717) is 5.92 Å². The van der Waals surface area contributed by atoms with Gasteiger partial charge >= 0.3 is 0 Å². The summed E-state index contributed by atoms with van der Waals surface area (Å²) in [6, 6.07) is 0. The molecule has 1 radical (unpaired) electrons. The molecule has 2 aliphatic rings. The second kappa shape index (κ2) is 2.30. The molecule has 0 nitrogen and oxygen atoms in total. The van der Waals surface area contributed by atoms with Crippen molar-refractivity contribution in [1.29, 1.82) is 0 Å². The van der Waals surface area contributed by atoms with Crippen molar-refractivity contribution >= 4 is 0 Å². The Morgan fingerprint density at radius 3 is 3.00 bits per heavy atom. The summed E-state index contributed by atoms with van der Waals surface area (Å²) in [5.74, 6) is 0.537. The van der Waals surface area contributed by atoms with E-state index in [0.717, 1.165) is 0 Å². The van der Waals surface area contributed by atoms with Crippen LogP contribution >= 0.6 is 0 Å². The molecular weight excluding hydrogens is 120 g/mol. The molecule has 0 aromatic rings. The lowest BCUT2D eigenvalue weighted by Gasteiger charge is -2.03. The van der Waals surface area contributed by atoms with E-state index in [1.165, 1.54) is 5.57 Å². The van der Waals surface area contributed by atoms with Gasteiger partial charge in [-0.1, -0.05) is 42.5 Å². The number of allylic oxidation sites excluding steroid dienone is 8. The molecule has 0 saturated heterocycles. The van der Waals surface area contributed by atoms with Gasteiger partial charge in [-0.05, 0) is 12.0 Å². The minimum absolute atomic E-state index is 0.537. The third kappa shape index (κ3) is 0.860. The highest BCUT2D eigenvalue weighted by Gasteiger charge is 2.11. The molecule has 1 atom stereocenters. The van der Waals surface area contributed by atoms with Crippen LogP contribution < -0.4 is 0 Å². The number of fused-ring (bicyclic) bond motifs is 1. The molecule has 0 aromatic heterocycles. The normalized spacial score (nSPS) is 28.0. The molecule has 10 heavy (non-hydrogen) atoms. The van der Waals surface area contributed by atoms with Crippen molar-refractivity contribution in [3.8, 4) is 0 Å². The van der Waals surface area contributed by atoms with Crippen LogP contribution in [0.3, 0.4) is 0 Å². The molecule has 0 heterocycles. The van der Waals surface area contributed by atoms with Crippen molar-refractivity contribution in [2.75, 3.05) is 0 Å². The first-order valence-corrected chi connectivity index (χ1v) is 3.53. The maximum absolute atomic E-state index is 2.20. The van der Waals surface area contributed by atoms with E-state index in [9.17, 15) is 0 Å². The average molecular weight is 129 g/mol. The third-order valence-corrected chi connectivity index (χ3v) is 1.82. The van der Waals surface area contributed by atoms with E-state index in [1.807, 2.05) is 0 Å². The number of hydrogen-bond donors (Lipinski definition) is 0. The highest BCUT2D eigenvalue weighted by molar-refractivity contribution is 5.42. The van der Waals surface area contributed by atoms with Gasteiger partial charge in [0.25, 0.3) is 0 Å². The SMILES string of the molecule is [CH]1C=CC=CC2=CC=CC12. The van der Waals surface area contributed by atoms with Crippen LogP contribution in [0.15, 0.2) is 48.1 Å². The summed E-state index contributed by atoms with van der Waals surface area (Å²) in [7, 11) is 0. The van der Waals surface area contributed by atoms with Crippen LogP contribution in [-0.4, -0.2) is 0 Å². The van der Waals surface area contributed by atoms with Crippen molar-refractivity contribution in [3.05, 3.63) is 54.5 Å². The van der Waals surface area contributed by atoms with Crippen LogP contribution in [0.2, 0.25) is 0 Å². The standard InChI is InChI=1S/C10H9/c1-2-5-9-7-4-8-10(9)6-3-1/h1-9H. The molecule has 49 valence electrons. The van der Waals surface area contributed by atoms with Gasteiger partial charge in [0.15, 0.2) is 0 Å². The van der Waals surface area contributed by atoms with Crippen molar-refractivity contribution < 1.29 is 0 Å². The summed E-state index contributed by atoms with van der Waals surface area (Å²) in [5, 5.41) is 0. The molecule has 0 bridgehead atoms. The van der Waals surface area contributed by atoms with Crippen LogP contribution in [-0.2, 0) is 0 Å². The van der Waals surface area contributed by atoms with Gasteiger partial charge in [0, 0.05) is 5.92 Å². The molecule has 0 heteroatoms. The Hall–Kier alpha value is -1.04. The molecule has 0 fully saturated rings. The van der Waals surface area contributed by atoms with E-state index in [4.69, 9.17) is 0 Å². The predicted octanol–water partition coefficient (Wildman–Crippen LogP) is 2.43. The minimum Gasteiger partial charge on any atom is -0.0799 e. The second-order valence-electron chi connectivity index (χ2n) is 2.51. The quantitative estimate of drug-likeness (QED) is 0.471. The Morgan fingerprint density at radius 2 is 2.00 bits per heavy atom. The van der Waals surface area contributed by atoms with E-state index in [-0.39, 0.29) is 0 Å². The second-order valence-corrected chi connectivity index (χ2v) is 2.51. The van der Waals surface area contributed by atoms with Crippen molar-refractivity contribution in [2.45, 2.75) is 0 Å². The first-order chi connectivity index (χ1) is 4.97. The molecule has 0 aromatic carbocycles. The van der Waals surface area contributed by atoms with Crippen LogP contribution in [0, 0.1) is 12.3 Å². The maximum Gasteiger partial charge on any atom is 0.00900 e. The Kier molecular flexibility index (Phi) is 1.31. The Labute approximate surface area is 61.3 Å². The molecule has 0 N–H and O–H groups in total. The zero-order chi connectivity index (χ0) is 6.81. The Balaban J connectivity index is 2.30. The van der Waals surface area contributed by atoms with Gasteiger partial charge in [0.05, 0.1) is 0 Å². The summed E-state index contributed by atoms with van der Waals surface area (Å²) in [4.78, 5) is 0. The van der Waals surface area contributed by atoms with Crippen molar-refractivity contribution in [2.24, 2.45) is 5.92 Å². The van der Waals surface area contributed by atoms with Gasteiger partial charge in [-0.15, -0.1) is 0 Å². The number of hydrogen-bond acceptors (Lipinski definition) is 0. The third-order valence-electron chi connectivity index (χ3n) is 1.82. The molecule has 2 aliphatic carbocycles. The summed E-state index contributed by atoms with van der Waals surface area (Å²) < 4.78 is 0. The summed E-state index contributed by atoms with van der Waals surface area (Å²) in [6.45, 7) is 0. The van der Waals surface area contributed by atoms with E-state index in [2.05, 4.69) is 49.0 Å². The maximum atomic E-state index is 2.20. The van der Waals surface area contributed by atoms with Gasteiger partial charge in [-0.2, -0.15) is 0 Å². The fraction of sp³-hybridized carbons (Fsp3) is 0.100. The Morgan fingerprint density at radius 1 is 1.00 bits per heavy atom. The summed E-state index contributed by atoms with van der Waals surface area (Å²) in [5.41, 5.74) is 1.39. The fourth-order valence-electron chi connectivity index (χ4n) is 1.27. The highest BCUT2D eigenvalue weighted by atomic mass is 14.1. The van der Waals surface area contributed by atoms with Crippen LogP contribution in [0.1, 0.15) is 0 Å². The van der Waals surface area contributed by atoms with Crippen LogP contribution in [0.4, 0.5) is 0 Å². The van der Waals surface area contributed by atoms with Gasteiger partial charge in [-0.25, -0.2) is 0 Å². The first kappa shape index (κ1) is 5.72. The first-order valence-electron chi connectivity index (χ1n) is 3.53. The Bertz CT molecular complexity index is 237. The van der Waals surface area contributed by atoms with Gasteiger partial charge in [0.2, 0.25) is 0 Å². The molecule has 0 amide bonds. The molecule has 1 unspecified atom stereocenters. The predicted molar refractivity (Wildman–Crippen MR) is 43.3 cm³/mol. The van der Waals surface area contributed by atoms with Crippen LogP contribution in [0.25, 0.3) is 0 Å². The average Bonchev–Trinajstić information content (AvgIpc) is 2.28. The van der Waals surface area contributed by atoms with Gasteiger partial charge in [0.1, 0.15) is 0 Å².